The van der Waals surface area contributed by atoms with Crippen LogP contribution in [0, 0.1) is 5.82 Å². The first kappa shape index (κ1) is 18.0. The quantitative estimate of drug-likeness (QED) is 0.745. The van der Waals surface area contributed by atoms with E-state index in [-0.39, 0.29) is 17.5 Å². The van der Waals surface area contributed by atoms with Crippen molar-refractivity contribution in [2.45, 2.75) is 25.9 Å². The maximum atomic E-state index is 13.2. The van der Waals surface area contributed by atoms with Gasteiger partial charge in [0.1, 0.15) is 12.4 Å². The van der Waals surface area contributed by atoms with E-state index < -0.39 is 11.4 Å². The van der Waals surface area contributed by atoms with Gasteiger partial charge in [0.25, 0.3) is 0 Å². The van der Waals surface area contributed by atoms with Crippen LogP contribution in [0.5, 0.6) is 0 Å². The molecule has 0 bridgehead atoms. The van der Waals surface area contributed by atoms with E-state index in [0.29, 0.717) is 11.4 Å². The zero-order valence-corrected chi connectivity index (χ0v) is 15.0. The Balaban J connectivity index is 1.70. The van der Waals surface area contributed by atoms with E-state index in [1.54, 1.807) is 19.9 Å². The summed E-state index contributed by atoms with van der Waals surface area (Å²) in [6, 6.07) is 13.4. The molecule has 3 rings (SSSR count). The molecule has 8 heteroatoms. The van der Waals surface area contributed by atoms with Crippen LogP contribution in [-0.4, -0.2) is 26.1 Å². The lowest BCUT2D eigenvalue weighted by atomic mass is 9.94. The number of tetrazole rings is 1. The van der Waals surface area contributed by atoms with Crippen LogP contribution in [0.2, 0.25) is 5.02 Å². The maximum absolute atomic E-state index is 13.2. The molecule has 0 saturated heterocycles. The summed E-state index contributed by atoms with van der Waals surface area (Å²) in [6.07, 6.45) is 0. The Bertz CT molecular complexity index is 926. The molecule has 0 unspecified atom stereocenters. The first-order valence-corrected chi connectivity index (χ1v) is 8.33. The number of carbonyl (C=O) groups is 1. The summed E-state index contributed by atoms with van der Waals surface area (Å²) in [5.74, 6) is -0.298. The van der Waals surface area contributed by atoms with Crippen LogP contribution >= 0.6 is 11.6 Å². The molecule has 26 heavy (non-hydrogen) atoms. The van der Waals surface area contributed by atoms with E-state index in [1.165, 1.54) is 16.9 Å². The third-order valence-electron chi connectivity index (χ3n) is 3.83. The number of halogens is 2. The topological polar surface area (TPSA) is 72.7 Å². The zero-order valence-electron chi connectivity index (χ0n) is 14.3. The molecule has 0 radical (unpaired) electrons. The summed E-state index contributed by atoms with van der Waals surface area (Å²) in [7, 11) is 0. The molecule has 1 aromatic heterocycles. The molecule has 134 valence electrons. The minimum absolute atomic E-state index is 0.0952. The lowest BCUT2D eigenvalue weighted by Crippen LogP contribution is -2.43. The number of carbonyl (C=O) groups excluding carboxylic acids is 1. The fourth-order valence-electron chi connectivity index (χ4n) is 2.59. The Morgan fingerprint density at radius 3 is 2.65 bits per heavy atom. The lowest BCUT2D eigenvalue weighted by Gasteiger charge is -2.27. The number of hydrogen-bond donors (Lipinski definition) is 1. The molecule has 0 fully saturated rings. The SMILES string of the molecule is CC(C)(NC(=O)Cn1nnc(-c2ccccc2)n1)c1ccc(F)cc1Cl. The normalized spacial score (nSPS) is 11.4. The highest BCUT2D eigenvalue weighted by Crippen LogP contribution is 2.28. The molecule has 0 atom stereocenters. The summed E-state index contributed by atoms with van der Waals surface area (Å²) in [6.45, 7) is 3.48. The number of nitrogens with zero attached hydrogens (tertiary/aromatic N) is 4. The molecule has 0 aliphatic heterocycles. The Hall–Kier alpha value is -2.80. The lowest BCUT2D eigenvalue weighted by molar-refractivity contribution is -0.123. The van der Waals surface area contributed by atoms with Gasteiger partial charge in [0.15, 0.2) is 0 Å². The molecular weight excluding hydrogens is 357 g/mol. The summed E-state index contributed by atoms with van der Waals surface area (Å²) < 4.78 is 13.2. The van der Waals surface area contributed by atoms with E-state index in [2.05, 4.69) is 20.7 Å². The molecule has 1 amide bonds. The van der Waals surface area contributed by atoms with Crippen LogP contribution in [0.4, 0.5) is 4.39 Å². The van der Waals surface area contributed by atoms with Crippen molar-refractivity contribution < 1.29 is 9.18 Å². The Labute approximate surface area is 155 Å². The van der Waals surface area contributed by atoms with Gasteiger partial charge in [0.05, 0.1) is 5.54 Å². The van der Waals surface area contributed by atoms with Crippen molar-refractivity contribution in [2.24, 2.45) is 0 Å². The van der Waals surface area contributed by atoms with Crippen LogP contribution in [0.15, 0.2) is 48.5 Å². The molecule has 6 nitrogen and oxygen atoms in total. The summed E-state index contributed by atoms with van der Waals surface area (Å²) in [5, 5.41) is 15.2. The van der Waals surface area contributed by atoms with Crippen molar-refractivity contribution in [3.05, 3.63) is 64.9 Å². The number of hydrogen-bond acceptors (Lipinski definition) is 4. The third-order valence-corrected chi connectivity index (χ3v) is 4.14. The molecular formula is C18H17ClFN5O. The molecule has 2 aromatic carbocycles. The van der Waals surface area contributed by atoms with Gasteiger partial charge in [-0.25, -0.2) is 4.39 Å². The second kappa shape index (κ2) is 7.21. The van der Waals surface area contributed by atoms with Crippen molar-refractivity contribution in [2.75, 3.05) is 0 Å². The predicted octanol–water partition coefficient (Wildman–Crippen LogP) is 3.18. The molecule has 0 saturated carbocycles. The standard InChI is InChI=1S/C18H17ClFN5O/c1-18(2,14-9-8-13(20)10-15(14)19)21-16(26)11-25-23-17(22-24-25)12-6-4-3-5-7-12/h3-10H,11H2,1-2H3,(H,21,26). The number of aromatic nitrogens is 4. The molecule has 1 N–H and O–H groups in total. The average molecular weight is 374 g/mol. The second-order valence-electron chi connectivity index (χ2n) is 6.31. The van der Waals surface area contributed by atoms with Crippen LogP contribution in [0.25, 0.3) is 11.4 Å². The predicted molar refractivity (Wildman–Crippen MR) is 95.8 cm³/mol. The number of nitrogens with one attached hydrogen (secondary N) is 1. The zero-order chi connectivity index (χ0) is 18.7. The number of benzene rings is 2. The first-order valence-electron chi connectivity index (χ1n) is 7.95. The maximum Gasteiger partial charge on any atom is 0.244 e. The van der Waals surface area contributed by atoms with Crippen LogP contribution < -0.4 is 5.32 Å². The van der Waals surface area contributed by atoms with Crippen molar-refractivity contribution in [1.29, 1.82) is 0 Å². The Morgan fingerprint density at radius 2 is 1.96 bits per heavy atom. The summed E-state index contributed by atoms with van der Waals surface area (Å²) in [4.78, 5) is 13.6. The molecule has 0 aliphatic carbocycles. The van der Waals surface area contributed by atoms with Crippen molar-refractivity contribution in [1.82, 2.24) is 25.5 Å². The van der Waals surface area contributed by atoms with Gasteiger partial charge in [0.2, 0.25) is 11.7 Å². The van der Waals surface area contributed by atoms with E-state index in [4.69, 9.17) is 11.6 Å². The van der Waals surface area contributed by atoms with Gasteiger partial charge >= 0.3 is 0 Å². The molecule has 3 aromatic rings. The minimum Gasteiger partial charge on any atom is -0.345 e. The fraction of sp³-hybridized carbons (Fsp3) is 0.222. The van der Waals surface area contributed by atoms with Gasteiger partial charge in [-0.2, -0.15) is 4.80 Å². The van der Waals surface area contributed by atoms with Crippen LogP contribution in [0.3, 0.4) is 0 Å². The highest BCUT2D eigenvalue weighted by molar-refractivity contribution is 6.31. The Kier molecular flexibility index (Phi) is 4.99. The average Bonchev–Trinajstić information content (AvgIpc) is 3.03. The van der Waals surface area contributed by atoms with Crippen LogP contribution in [0.1, 0.15) is 19.4 Å². The largest absolute Gasteiger partial charge is 0.345 e. The number of amides is 1. The van der Waals surface area contributed by atoms with Gasteiger partial charge in [-0.15, -0.1) is 10.2 Å². The van der Waals surface area contributed by atoms with Crippen molar-refractivity contribution in [3.63, 3.8) is 0 Å². The molecule has 0 spiro atoms. The fourth-order valence-corrected chi connectivity index (χ4v) is 3.00. The van der Waals surface area contributed by atoms with Gasteiger partial charge in [-0.1, -0.05) is 48.0 Å². The summed E-state index contributed by atoms with van der Waals surface area (Å²) in [5.41, 5.74) is 0.646. The third kappa shape index (κ3) is 4.05. The molecule has 0 aliphatic rings. The van der Waals surface area contributed by atoms with E-state index in [1.807, 2.05) is 30.3 Å². The highest BCUT2D eigenvalue weighted by Gasteiger charge is 2.26. The van der Waals surface area contributed by atoms with Gasteiger partial charge in [-0.3, -0.25) is 4.79 Å². The monoisotopic (exact) mass is 373 g/mol. The summed E-state index contributed by atoms with van der Waals surface area (Å²) >= 11 is 6.10. The number of rotatable bonds is 5. The molecule has 1 heterocycles. The first-order chi connectivity index (χ1) is 12.3. The highest BCUT2D eigenvalue weighted by atomic mass is 35.5. The Morgan fingerprint density at radius 1 is 1.23 bits per heavy atom. The van der Waals surface area contributed by atoms with Crippen molar-refractivity contribution in [3.8, 4) is 11.4 Å². The second-order valence-corrected chi connectivity index (χ2v) is 6.71. The van der Waals surface area contributed by atoms with Crippen LogP contribution in [-0.2, 0) is 16.9 Å². The minimum atomic E-state index is -0.787. The van der Waals surface area contributed by atoms with Gasteiger partial charge in [0, 0.05) is 10.6 Å². The smallest absolute Gasteiger partial charge is 0.244 e. The van der Waals surface area contributed by atoms with E-state index in [0.717, 1.165) is 5.56 Å². The van der Waals surface area contributed by atoms with Crippen molar-refractivity contribution >= 4 is 17.5 Å². The van der Waals surface area contributed by atoms with Gasteiger partial charge in [-0.05, 0) is 36.8 Å². The van der Waals surface area contributed by atoms with E-state index in [9.17, 15) is 9.18 Å². The van der Waals surface area contributed by atoms with E-state index >= 15 is 0 Å². The van der Waals surface area contributed by atoms with Gasteiger partial charge < -0.3 is 5.32 Å².